The molecule has 0 bridgehead atoms. The largest absolute Gasteiger partial charge is 0.384 e. The van der Waals surface area contributed by atoms with Crippen LogP contribution >= 0.6 is 11.8 Å². The predicted octanol–water partition coefficient (Wildman–Crippen LogP) is 1.05. The zero-order chi connectivity index (χ0) is 13.7. The molecule has 0 saturated heterocycles. The van der Waals surface area contributed by atoms with Crippen LogP contribution in [0.15, 0.2) is 18.3 Å². The van der Waals surface area contributed by atoms with E-state index in [4.69, 9.17) is 5.11 Å². The van der Waals surface area contributed by atoms with Crippen molar-refractivity contribution in [2.45, 2.75) is 17.6 Å². The maximum atomic E-state index is 11.9. The Balaban J connectivity index is 1.92. The summed E-state index contributed by atoms with van der Waals surface area (Å²) in [6.07, 6.45) is 5.94. The van der Waals surface area contributed by atoms with E-state index in [0.29, 0.717) is 17.8 Å². The normalized spacial score (nSPS) is 15.3. The molecular weight excluding hydrogens is 260 g/mol. The molecule has 19 heavy (non-hydrogen) atoms. The summed E-state index contributed by atoms with van der Waals surface area (Å²) in [4.78, 5) is 16.0. The Labute approximate surface area is 117 Å². The van der Waals surface area contributed by atoms with Gasteiger partial charge in [0.1, 0.15) is 12.3 Å². The molecule has 1 aromatic heterocycles. The molecule has 1 saturated carbocycles. The molecule has 1 amide bonds. The van der Waals surface area contributed by atoms with Gasteiger partial charge in [0.15, 0.2) is 0 Å². The Bertz CT molecular complexity index is 512. The number of hydrogen-bond acceptors (Lipinski definition) is 4. The first kappa shape index (κ1) is 13.9. The van der Waals surface area contributed by atoms with E-state index in [1.807, 2.05) is 11.8 Å². The fourth-order valence-electron chi connectivity index (χ4n) is 1.67. The van der Waals surface area contributed by atoms with Gasteiger partial charge in [0.05, 0.1) is 0 Å². The fourth-order valence-corrected chi connectivity index (χ4v) is 2.39. The van der Waals surface area contributed by atoms with Gasteiger partial charge in [-0.25, -0.2) is 4.98 Å². The first-order chi connectivity index (χ1) is 9.19. The van der Waals surface area contributed by atoms with E-state index >= 15 is 0 Å². The van der Waals surface area contributed by atoms with Crippen molar-refractivity contribution >= 4 is 17.7 Å². The van der Waals surface area contributed by atoms with Crippen molar-refractivity contribution in [3.05, 3.63) is 29.6 Å². The summed E-state index contributed by atoms with van der Waals surface area (Å²) in [6, 6.07) is 3.38. The minimum Gasteiger partial charge on any atom is -0.384 e. The molecule has 4 nitrogen and oxygen atoms in total. The highest BCUT2D eigenvalue weighted by Crippen LogP contribution is 2.46. The predicted molar refractivity (Wildman–Crippen MR) is 76.0 cm³/mol. The second-order valence-electron chi connectivity index (χ2n) is 4.46. The average Bonchev–Trinajstić information content (AvgIpc) is 3.24. The first-order valence-electron chi connectivity index (χ1n) is 6.08. The SMILES string of the molecule is CSC1(CNC(=O)c2ccc(C#CCO)cn2)CC1. The van der Waals surface area contributed by atoms with Crippen LogP contribution in [0.1, 0.15) is 28.9 Å². The van der Waals surface area contributed by atoms with Crippen LogP contribution in [0.3, 0.4) is 0 Å². The van der Waals surface area contributed by atoms with Crippen molar-refractivity contribution in [2.75, 3.05) is 19.4 Å². The lowest BCUT2D eigenvalue weighted by Gasteiger charge is -2.12. The minimum absolute atomic E-state index is 0.151. The number of carbonyl (C=O) groups is 1. The number of thioether (sulfide) groups is 1. The van der Waals surface area contributed by atoms with Crippen molar-refractivity contribution in [1.82, 2.24) is 10.3 Å². The molecule has 0 aromatic carbocycles. The summed E-state index contributed by atoms with van der Waals surface area (Å²) in [5, 5.41) is 11.5. The number of nitrogens with zero attached hydrogens (tertiary/aromatic N) is 1. The van der Waals surface area contributed by atoms with Crippen molar-refractivity contribution < 1.29 is 9.90 Å². The van der Waals surface area contributed by atoms with Gasteiger partial charge >= 0.3 is 0 Å². The molecule has 2 rings (SSSR count). The number of aliphatic hydroxyl groups is 1. The van der Waals surface area contributed by atoms with Crippen molar-refractivity contribution in [3.8, 4) is 11.8 Å². The Morgan fingerprint density at radius 3 is 2.89 bits per heavy atom. The van der Waals surface area contributed by atoms with Crippen LogP contribution in [0.2, 0.25) is 0 Å². The molecule has 0 radical (unpaired) electrons. The molecule has 2 N–H and O–H groups in total. The third-order valence-electron chi connectivity index (χ3n) is 3.12. The highest BCUT2D eigenvalue weighted by atomic mass is 32.2. The van der Waals surface area contributed by atoms with Gasteiger partial charge in [0.2, 0.25) is 0 Å². The topological polar surface area (TPSA) is 62.2 Å². The highest BCUT2D eigenvalue weighted by Gasteiger charge is 2.41. The molecule has 100 valence electrons. The van der Waals surface area contributed by atoms with Crippen LogP contribution in [-0.4, -0.2) is 40.2 Å². The zero-order valence-corrected chi connectivity index (χ0v) is 11.6. The summed E-state index contributed by atoms with van der Waals surface area (Å²) in [6.45, 7) is 0.514. The van der Waals surface area contributed by atoms with Crippen LogP contribution in [0, 0.1) is 11.8 Å². The smallest absolute Gasteiger partial charge is 0.269 e. The van der Waals surface area contributed by atoms with E-state index < -0.39 is 0 Å². The quantitative estimate of drug-likeness (QED) is 0.807. The van der Waals surface area contributed by atoms with Crippen molar-refractivity contribution in [3.63, 3.8) is 0 Å². The standard InChI is InChI=1S/C14H16N2O2S/c1-19-14(6-7-14)10-16-13(18)12-5-4-11(9-15-12)3-2-8-17/h4-5,9,17H,6-8,10H2,1H3,(H,16,18). The molecule has 0 unspecified atom stereocenters. The summed E-state index contributed by atoms with van der Waals surface area (Å²) < 4.78 is 0.252. The van der Waals surface area contributed by atoms with Gasteiger partial charge in [-0.2, -0.15) is 11.8 Å². The molecule has 5 heteroatoms. The highest BCUT2D eigenvalue weighted by molar-refractivity contribution is 8.00. The maximum Gasteiger partial charge on any atom is 0.269 e. The molecule has 1 aliphatic rings. The number of aromatic nitrogens is 1. The van der Waals surface area contributed by atoms with Gasteiger partial charge in [-0.15, -0.1) is 0 Å². The van der Waals surface area contributed by atoms with Gasteiger partial charge in [0, 0.05) is 23.1 Å². The molecule has 1 heterocycles. The Kier molecular flexibility index (Phi) is 4.46. The number of hydrogen-bond donors (Lipinski definition) is 2. The van der Waals surface area contributed by atoms with Crippen LogP contribution in [-0.2, 0) is 0 Å². The van der Waals surface area contributed by atoms with Gasteiger partial charge in [-0.05, 0) is 31.2 Å². The van der Waals surface area contributed by atoms with Crippen molar-refractivity contribution in [2.24, 2.45) is 0 Å². The number of amides is 1. The zero-order valence-electron chi connectivity index (χ0n) is 10.8. The molecule has 1 aliphatic carbocycles. The lowest BCUT2D eigenvalue weighted by Crippen LogP contribution is -2.32. The van der Waals surface area contributed by atoms with E-state index in [9.17, 15) is 4.79 Å². The van der Waals surface area contributed by atoms with E-state index in [-0.39, 0.29) is 17.3 Å². The number of rotatable bonds is 4. The Morgan fingerprint density at radius 1 is 1.58 bits per heavy atom. The third kappa shape index (κ3) is 3.72. The molecule has 1 aromatic rings. The molecule has 1 fully saturated rings. The third-order valence-corrected chi connectivity index (χ3v) is 4.54. The van der Waals surface area contributed by atoms with Gasteiger partial charge in [-0.3, -0.25) is 4.79 Å². The summed E-state index contributed by atoms with van der Waals surface area (Å²) in [5.74, 6) is 5.12. The van der Waals surface area contributed by atoms with E-state index in [1.54, 1.807) is 18.3 Å². The number of pyridine rings is 1. The molecule has 0 spiro atoms. The molecule has 0 atom stereocenters. The van der Waals surface area contributed by atoms with Crippen LogP contribution in [0.4, 0.5) is 0 Å². The lowest BCUT2D eigenvalue weighted by atomic mass is 10.2. The summed E-state index contributed by atoms with van der Waals surface area (Å²) in [7, 11) is 0. The summed E-state index contributed by atoms with van der Waals surface area (Å²) in [5.41, 5.74) is 1.08. The molecular formula is C14H16N2O2S. The average molecular weight is 276 g/mol. The summed E-state index contributed by atoms with van der Waals surface area (Å²) >= 11 is 1.81. The van der Waals surface area contributed by atoms with Crippen LogP contribution < -0.4 is 5.32 Å². The van der Waals surface area contributed by atoms with Crippen LogP contribution in [0.25, 0.3) is 0 Å². The fraction of sp³-hybridized carbons (Fsp3) is 0.429. The number of aliphatic hydroxyl groups excluding tert-OH is 1. The second-order valence-corrected chi connectivity index (χ2v) is 5.74. The second kappa shape index (κ2) is 6.09. The van der Waals surface area contributed by atoms with Gasteiger partial charge in [0.25, 0.3) is 5.91 Å². The minimum atomic E-state index is -0.182. The maximum absolute atomic E-state index is 11.9. The van der Waals surface area contributed by atoms with E-state index in [2.05, 4.69) is 28.4 Å². The van der Waals surface area contributed by atoms with Crippen LogP contribution in [0.5, 0.6) is 0 Å². The first-order valence-corrected chi connectivity index (χ1v) is 7.31. The number of nitrogens with one attached hydrogen (secondary N) is 1. The number of carbonyl (C=O) groups excluding carboxylic acids is 1. The van der Waals surface area contributed by atoms with Crippen molar-refractivity contribution in [1.29, 1.82) is 0 Å². The monoisotopic (exact) mass is 276 g/mol. The van der Waals surface area contributed by atoms with Gasteiger partial charge in [-0.1, -0.05) is 11.8 Å². The van der Waals surface area contributed by atoms with E-state index in [1.165, 1.54) is 0 Å². The Hall–Kier alpha value is -1.51. The van der Waals surface area contributed by atoms with Gasteiger partial charge < -0.3 is 10.4 Å². The Morgan fingerprint density at radius 2 is 2.37 bits per heavy atom. The lowest BCUT2D eigenvalue weighted by molar-refractivity contribution is 0.0948. The molecule has 0 aliphatic heterocycles. The van der Waals surface area contributed by atoms with E-state index in [0.717, 1.165) is 12.8 Å².